The fourth-order valence-corrected chi connectivity index (χ4v) is 2.85. The molecule has 0 saturated carbocycles. The van der Waals surface area contributed by atoms with Crippen LogP contribution in [0.15, 0.2) is 39.8 Å². The number of hydrogen-bond acceptors (Lipinski definition) is 2. The van der Waals surface area contributed by atoms with Crippen molar-refractivity contribution < 1.29 is 4.79 Å². The predicted octanol–water partition coefficient (Wildman–Crippen LogP) is 4.79. The number of carbonyl (C=O) groups excluding carboxylic acids is 1. The zero-order chi connectivity index (χ0) is 15.1. The molecular formula is C16H12BrClN2O. The van der Waals surface area contributed by atoms with Crippen molar-refractivity contribution in [2.45, 2.75) is 13.8 Å². The summed E-state index contributed by atoms with van der Waals surface area (Å²) in [5, 5.41) is 3.44. The van der Waals surface area contributed by atoms with E-state index in [0.29, 0.717) is 16.4 Å². The van der Waals surface area contributed by atoms with Crippen LogP contribution in [0.5, 0.6) is 0 Å². The van der Waals surface area contributed by atoms with E-state index < -0.39 is 0 Å². The van der Waals surface area contributed by atoms with Gasteiger partial charge in [-0.05, 0) is 59.6 Å². The van der Waals surface area contributed by atoms with Gasteiger partial charge in [0.25, 0.3) is 5.91 Å². The van der Waals surface area contributed by atoms with Crippen LogP contribution >= 0.6 is 27.5 Å². The molecule has 0 bridgehead atoms. The molecule has 0 radical (unpaired) electrons. The number of fused-ring (bicyclic) bond motifs is 1. The van der Waals surface area contributed by atoms with Crippen LogP contribution in [0.25, 0.3) is 0 Å². The topological polar surface area (TPSA) is 41.5 Å². The van der Waals surface area contributed by atoms with Crippen LogP contribution in [0.3, 0.4) is 0 Å². The smallest absolute Gasteiger partial charge is 0.275 e. The highest BCUT2D eigenvalue weighted by molar-refractivity contribution is 9.10. The number of aliphatic imine (C=N–C) groups is 1. The SMILES string of the molecule is Cc1ccc2c(c1)C(=Nc1ccc(Br)c(Cl)c1C)C(=O)N2. The third-order valence-corrected chi connectivity index (χ3v) is 4.81. The summed E-state index contributed by atoms with van der Waals surface area (Å²) in [5.74, 6) is -0.186. The lowest BCUT2D eigenvalue weighted by atomic mass is 10.1. The predicted molar refractivity (Wildman–Crippen MR) is 89.9 cm³/mol. The van der Waals surface area contributed by atoms with E-state index in [4.69, 9.17) is 11.6 Å². The quantitative estimate of drug-likeness (QED) is 0.777. The summed E-state index contributed by atoms with van der Waals surface area (Å²) >= 11 is 9.59. The fraction of sp³-hybridized carbons (Fsp3) is 0.125. The molecule has 1 N–H and O–H groups in total. The third-order valence-electron chi connectivity index (χ3n) is 3.44. The van der Waals surface area contributed by atoms with Gasteiger partial charge in [0, 0.05) is 10.0 Å². The van der Waals surface area contributed by atoms with Crippen LogP contribution in [0.1, 0.15) is 16.7 Å². The molecule has 1 heterocycles. The first-order chi connectivity index (χ1) is 9.97. The Labute approximate surface area is 136 Å². The maximum absolute atomic E-state index is 12.1. The van der Waals surface area contributed by atoms with E-state index in [1.807, 2.05) is 44.2 Å². The molecule has 1 amide bonds. The molecule has 3 rings (SSSR count). The molecule has 1 aliphatic heterocycles. The Morgan fingerprint density at radius 1 is 1.19 bits per heavy atom. The molecule has 1 aliphatic rings. The molecule has 0 spiro atoms. The molecule has 0 aliphatic carbocycles. The maximum atomic E-state index is 12.1. The van der Waals surface area contributed by atoms with E-state index in [0.717, 1.165) is 26.9 Å². The number of benzene rings is 2. The number of anilines is 1. The molecule has 21 heavy (non-hydrogen) atoms. The summed E-state index contributed by atoms with van der Waals surface area (Å²) in [5.41, 5.74) is 4.68. The minimum atomic E-state index is -0.186. The fourth-order valence-electron chi connectivity index (χ4n) is 2.26. The number of hydrogen-bond donors (Lipinski definition) is 1. The molecule has 0 saturated heterocycles. The summed E-state index contributed by atoms with van der Waals surface area (Å²) in [7, 11) is 0. The van der Waals surface area contributed by atoms with Gasteiger partial charge in [0.05, 0.1) is 16.4 Å². The van der Waals surface area contributed by atoms with Gasteiger partial charge in [0.1, 0.15) is 5.71 Å². The number of aryl methyl sites for hydroxylation is 1. The van der Waals surface area contributed by atoms with Crippen LogP contribution in [0, 0.1) is 13.8 Å². The highest BCUT2D eigenvalue weighted by Gasteiger charge is 2.26. The second kappa shape index (κ2) is 5.28. The van der Waals surface area contributed by atoms with Crippen molar-refractivity contribution in [3.05, 3.63) is 56.5 Å². The van der Waals surface area contributed by atoms with Crippen molar-refractivity contribution in [2.75, 3.05) is 5.32 Å². The van der Waals surface area contributed by atoms with Gasteiger partial charge in [-0.25, -0.2) is 4.99 Å². The molecular weight excluding hydrogens is 352 g/mol. The summed E-state index contributed by atoms with van der Waals surface area (Å²) in [6, 6.07) is 9.50. The summed E-state index contributed by atoms with van der Waals surface area (Å²) in [6.07, 6.45) is 0. The van der Waals surface area contributed by atoms with Gasteiger partial charge in [-0.2, -0.15) is 0 Å². The lowest BCUT2D eigenvalue weighted by Crippen LogP contribution is -2.14. The van der Waals surface area contributed by atoms with Gasteiger partial charge >= 0.3 is 0 Å². The Kier molecular flexibility index (Phi) is 3.59. The van der Waals surface area contributed by atoms with E-state index in [2.05, 4.69) is 26.2 Å². The highest BCUT2D eigenvalue weighted by Crippen LogP contribution is 2.34. The average Bonchev–Trinajstić information content (AvgIpc) is 2.75. The van der Waals surface area contributed by atoms with E-state index in [1.54, 1.807) is 0 Å². The van der Waals surface area contributed by atoms with Crippen molar-refractivity contribution in [1.82, 2.24) is 0 Å². The van der Waals surface area contributed by atoms with Crippen LogP contribution in [0.2, 0.25) is 5.02 Å². The van der Waals surface area contributed by atoms with Gasteiger partial charge in [-0.3, -0.25) is 4.79 Å². The lowest BCUT2D eigenvalue weighted by molar-refractivity contribution is -0.110. The second-order valence-electron chi connectivity index (χ2n) is 4.97. The Bertz CT molecular complexity index is 799. The normalized spacial score (nSPS) is 15.2. The van der Waals surface area contributed by atoms with Crippen LogP contribution in [-0.4, -0.2) is 11.6 Å². The number of carbonyl (C=O) groups is 1. The maximum Gasteiger partial charge on any atom is 0.275 e. The first-order valence-corrected chi connectivity index (χ1v) is 7.60. The molecule has 5 heteroatoms. The Morgan fingerprint density at radius 3 is 2.71 bits per heavy atom. The summed E-state index contributed by atoms with van der Waals surface area (Å²) in [6.45, 7) is 3.87. The van der Waals surface area contributed by atoms with Crippen molar-refractivity contribution >= 4 is 50.5 Å². The number of rotatable bonds is 1. The minimum Gasteiger partial charge on any atom is -0.320 e. The number of amides is 1. The lowest BCUT2D eigenvalue weighted by Gasteiger charge is -2.06. The standard InChI is InChI=1S/C16H12BrClN2O/c1-8-3-5-13-10(7-8)15(16(21)20-13)19-12-6-4-11(17)14(18)9(12)2/h3-7H,1-2H3,(H,19,20,21). The van der Waals surface area contributed by atoms with Crippen LogP contribution < -0.4 is 5.32 Å². The molecule has 0 fully saturated rings. The van der Waals surface area contributed by atoms with Crippen molar-refractivity contribution in [3.8, 4) is 0 Å². The Balaban J connectivity index is 2.15. The molecule has 2 aromatic rings. The van der Waals surface area contributed by atoms with E-state index in [-0.39, 0.29) is 5.91 Å². The van der Waals surface area contributed by atoms with Crippen molar-refractivity contribution in [1.29, 1.82) is 0 Å². The molecule has 0 aromatic heterocycles. The van der Waals surface area contributed by atoms with Gasteiger partial charge in [0.2, 0.25) is 0 Å². The van der Waals surface area contributed by atoms with Crippen LogP contribution in [-0.2, 0) is 4.79 Å². The molecule has 3 nitrogen and oxygen atoms in total. The van der Waals surface area contributed by atoms with Crippen LogP contribution in [0.4, 0.5) is 11.4 Å². The zero-order valence-corrected chi connectivity index (χ0v) is 13.8. The average molecular weight is 364 g/mol. The van der Waals surface area contributed by atoms with Gasteiger partial charge < -0.3 is 5.32 Å². The Morgan fingerprint density at radius 2 is 1.95 bits per heavy atom. The first kappa shape index (κ1) is 14.3. The third kappa shape index (κ3) is 2.49. The highest BCUT2D eigenvalue weighted by atomic mass is 79.9. The molecule has 2 aromatic carbocycles. The van der Waals surface area contributed by atoms with Crippen molar-refractivity contribution in [3.63, 3.8) is 0 Å². The van der Waals surface area contributed by atoms with E-state index >= 15 is 0 Å². The summed E-state index contributed by atoms with van der Waals surface area (Å²) < 4.78 is 0.817. The first-order valence-electron chi connectivity index (χ1n) is 6.43. The monoisotopic (exact) mass is 362 g/mol. The minimum absolute atomic E-state index is 0.186. The molecule has 0 atom stereocenters. The van der Waals surface area contributed by atoms with Gasteiger partial charge in [0.15, 0.2) is 0 Å². The number of halogens is 2. The van der Waals surface area contributed by atoms with Crippen molar-refractivity contribution in [2.24, 2.45) is 4.99 Å². The molecule has 106 valence electrons. The van der Waals surface area contributed by atoms with E-state index in [9.17, 15) is 4.79 Å². The second-order valence-corrected chi connectivity index (χ2v) is 6.20. The van der Waals surface area contributed by atoms with Gasteiger partial charge in [-0.15, -0.1) is 0 Å². The number of nitrogens with zero attached hydrogens (tertiary/aromatic N) is 1. The number of nitrogens with one attached hydrogen (secondary N) is 1. The zero-order valence-electron chi connectivity index (χ0n) is 11.5. The van der Waals surface area contributed by atoms with E-state index in [1.165, 1.54) is 0 Å². The Hall–Kier alpha value is -1.65. The molecule has 0 unspecified atom stereocenters. The van der Waals surface area contributed by atoms with Gasteiger partial charge in [-0.1, -0.05) is 23.2 Å². The largest absolute Gasteiger partial charge is 0.320 e. The summed E-state index contributed by atoms with van der Waals surface area (Å²) in [4.78, 5) is 16.6.